The summed E-state index contributed by atoms with van der Waals surface area (Å²) in [7, 11) is 0. The highest BCUT2D eigenvalue weighted by atomic mass is 16.1. The first-order valence-electron chi connectivity index (χ1n) is 4.79. The first-order chi connectivity index (χ1) is 7.15. The zero-order chi connectivity index (χ0) is 11.3. The molecular weight excluding hydrogens is 190 g/mol. The molecule has 0 atom stereocenters. The van der Waals surface area contributed by atoms with Gasteiger partial charge in [0.2, 0.25) is 0 Å². The number of carbonyl (C=O) groups excluding carboxylic acids is 1. The number of benzene rings is 1. The molecule has 15 heavy (non-hydrogen) atoms. The van der Waals surface area contributed by atoms with Gasteiger partial charge in [0.15, 0.2) is 5.78 Å². The van der Waals surface area contributed by atoms with Crippen LogP contribution in [0.25, 0.3) is 10.4 Å². The minimum atomic E-state index is -0.150. The molecule has 78 valence electrons. The molecule has 0 bridgehead atoms. The Hall–Kier alpha value is -1.80. The maximum absolute atomic E-state index is 11.4. The summed E-state index contributed by atoms with van der Waals surface area (Å²) >= 11 is 0. The van der Waals surface area contributed by atoms with E-state index in [2.05, 4.69) is 23.9 Å². The predicted molar refractivity (Wildman–Crippen MR) is 58.9 cm³/mol. The maximum atomic E-state index is 11.4. The van der Waals surface area contributed by atoms with E-state index in [1.165, 1.54) is 5.56 Å². The van der Waals surface area contributed by atoms with E-state index in [-0.39, 0.29) is 12.3 Å². The number of hydrogen-bond donors (Lipinski definition) is 0. The number of azide groups is 1. The lowest BCUT2D eigenvalue weighted by Gasteiger charge is -2.05. The molecule has 0 aromatic heterocycles. The van der Waals surface area contributed by atoms with Crippen molar-refractivity contribution in [2.45, 2.75) is 19.8 Å². The van der Waals surface area contributed by atoms with E-state index in [0.717, 1.165) is 0 Å². The van der Waals surface area contributed by atoms with Crippen LogP contribution in [0.4, 0.5) is 0 Å². The van der Waals surface area contributed by atoms with Crippen LogP contribution in [0.1, 0.15) is 35.7 Å². The Balaban J connectivity index is 2.79. The van der Waals surface area contributed by atoms with Gasteiger partial charge in [-0.2, -0.15) is 0 Å². The second-order valence-electron chi connectivity index (χ2n) is 3.59. The molecule has 4 nitrogen and oxygen atoms in total. The number of rotatable bonds is 4. The summed E-state index contributed by atoms with van der Waals surface area (Å²) in [6, 6.07) is 7.39. The molecule has 1 aromatic carbocycles. The number of hydrogen-bond acceptors (Lipinski definition) is 2. The van der Waals surface area contributed by atoms with E-state index in [0.29, 0.717) is 11.5 Å². The Bertz CT molecular complexity index is 389. The molecule has 0 saturated heterocycles. The summed E-state index contributed by atoms with van der Waals surface area (Å²) < 4.78 is 0. The topological polar surface area (TPSA) is 65.8 Å². The fourth-order valence-corrected chi connectivity index (χ4v) is 1.24. The summed E-state index contributed by atoms with van der Waals surface area (Å²) in [5.41, 5.74) is 9.86. The monoisotopic (exact) mass is 203 g/mol. The van der Waals surface area contributed by atoms with Crippen LogP contribution in [-0.4, -0.2) is 12.3 Å². The first kappa shape index (κ1) is 11.3. The van der Waals surface area contributed by atoms with Crippen LogP contribution in [0.15, 0.2) is 29.4 Å². The molecular formula is C11H13N3O. The van der Waals surface area contributed by atoms with Crippen molar-refractivity contribution in [2.75, 3.05) is 6.54 Å². The number of ketones is 1. The molecule has 0 fully saturated rings. The molecule has 0 amide bonds. The Morgan fingerprint density at radius 2 is 2.00 bits per heavy atom. The Morgan fingerprint density at radius 3 is 2.47 bits per heavy atom. The Morgan fingerprint density at radius 1 is 1.40 bits per heavy atom. The van der Waals surface area contributed by atoms with Crippen molar-refractivity contribution in [3.8, 4) is 0 Å². The van der Waals surface area contributed by atoms with Crippen LogP contribution in [0.2, 0.25) is 0 Å². The lowest BCUT2D eigenvalue weighted by atomic mass is 10.0. The molecule has 1 aromatic rings. The summed E-state index contributed by atoms with van der Waals surface area (Å²) in [6.45, 7) is 4.07. The van der Waals surface area contributed by atoms with E-state index in [1.54, 1.807) is 12.1 Å². The summed E-state index contributed by atoms with van der Waals surface area (Å²) in [5.74, 6) is 0.300. The van der Waals surface area contributed by atoms with Gasteiger partial charge >= 0.3 is 0 Å². The number of carbonyl (C=O) groups is 1. The van der Waals surface area contributed by atoms with Crippen LogP contribution >= 0.6 is 0 Å². The van der Waals surface area contributed by atoms with Gasteiger partial charge in [-0.05, 0) is 17.0 Å². The van der Waals surface area contributed by atoms with Gasteiger partial charge in [0, 0.05) is 10.5 Å². The quantitative estimate of drug-likeness (QED) is 0.320. The number of nitrogens with zero attached hydrogens (tertiary/aromatic N) is 3. The van der Waals surface area contributed by atoms with Crippen LogP contribution in [0.3, 0.4) is 0 Å². The first-order valence-corrected chi connectivity index (χ1v) is 4.79. The van der Waals surface area contributed by atoms with Crippen LogP contribution in [0.5, 0.6) is 0 Å². The molecule has 0 spiro atoms. The molecule has 0 aliphatic rings. The predicted octanol–water partition coefficient (Wildman–Crippen LogP) is 3.30. The largest absolute Gasteiger partial charge is 0.294 e. The van der Waals surface area contributed by atoms with Gasteiger partial charge in [-0.1, -0.05) is 43.2 Å². The second kappa shape index (κ2) is 5.17. The van der Waals surface area contributed by atoms with Gasteiger partial charge in [-0.25, -0.2) is 0 Å². The zero-order valence-electron chi connectivity index (χ0n) is 8.84. The van der Waals surface area contributed by atoms with Crippen molar-refractivity contribution < 1.29 is 4.79 Å². The number of Topliss-reactive ketones (excluding diaryl/α,β-unsaturated/α-hetero) is 1. The summed E-state index contributed by atoms with van der Waals surface area (Å²) in [6.07, 6.45) is 0. The average molecular weight is 203 g/mol. The molecule has 0 heterocycles. The smallest absolute Gasteiger partial charge is 0.168 e. The highest BCUT2D eigenvalue weighted by molar-refractivity contribution is 5.97. The average Bonchev–Trinajstić information content (AvgIpc) is 2.26. The van der Waals surface area contributed by atoms with E-state index in [9.17, 15) is 4.79 Å². The fraction of sp³-hybridized carbons (Fsp3) is 0.364. The molecule has 1 rings (SSSR count). The van der Waals surface area contributed by atoms with Crippen LogP contribution in [-0.2, 0) is 0 Å². The van der Waals surface area contributed by atoms with Gasteiger partial charge in [0.05, 0.1) is 6.54 Å². The molecule has 0 saturated carbocycles. The Kier molecular flexibility index (Phi) is 3.89. The molecule has 0 N–H and O–H groups in total. The zero-order valence-corrected chi connectivity index (χ0v) is 8.84. The minimum Gasteiger partial charge on any atom is -0.294 e. The van der Waals surface area contributed by atoms with Crippen molar-refractivity contribution >= 4 is 5.78 Å². The van der Waals surface area contributed by atoms with E-state index < -0.39 is 0 Å². The lowest BCUT2D eigenvalue weighted by Crippen LogP contribution is -2.02. The molecule has 0 aliphatic carbocycles. The molecule has 0 unspecified atom stereocenters. The lowest BCUT2D eigenvalue weighted by molar-refractivity contribution is 0.100. The molecule has 0 radical (unpaired) electrons. The van der Waals surface area contributed by atoms with Crippen molar-refractivity contribution in [1.29, 1.82) is 0 Å². The van der Waals surface area contributed by atoms with Gasteiger partial charge in [-0.3, -0.25) is 4.79 Å². The van der Waals surface area contributed by atoms with E-state index in [4.69, 9.17) is 5.53 Å². The van der Waals surface area contributed by atoms with E-state index in [1.807, 2.05) is 12.1 Å². The van der Waals surface area contributed by atoms with Crippen molar-refractivity contribution in [1.82, 2.24) is 0 Å². The summed E-state index contributed by atoms with van der Waals surface area (Å²) in [4.78, 5) is 14.0. The second-order valence-corrected chi connectivity index (χ2v) is 3.59. The van der Waals surface area contributed by atoms with E-state index >= 15 is 0 Å². The molecule has 4 heteroatoms. The van der Waals surface area contributed by atoms with Crippen molar-refractivity contribution in [3.63, 3.8) is 0 Å². The van der Waals surface area contributed by atoms with Gasteiger partial charge in [0.25, 0.3) is 0 Å². The van der Waals surface area contributed by atoms with Gasteiger partial charge in [-0.15, -0.1) is 0 Å². The molecule has 0 aliphatic heterocycles. The fourth-order valence-electron chi connectivity index (χ4n) is 1.24. The minimum absolute atomic E-state index is 0.114. The van der Waals surface area contributed by atoms with Crippen LogP contribution in [0, 0.1) is 0 Å². The third kappa shape index (κ3) is 3.11. The Labute approximate surface area is 88.6 Å². The third-order valence-corrected chi connectivity index (χ3v) is 2.18. The third-order valence-electron chi connectivity index (χ3n) is 2.18. The van der Waals surface area contributed by atoms with Crippen molar-refractivity contribution in [3.05, 3.63) is 45.8 Å². The van der Waals surface area contributed by atoms with Gasteiger partial charge in [0.1, 0.15) is 0 Å². The summed E-state index contributed by atoms with van der Waals surface area (Å²) in [5, 5.41) is 3.24. The SMILES string of the molecule is CC(C)c1ccc(C(=O)CN=[N+]=[N-])cc1. The standard InChI is InChI=1S/C11H13N3O/c1-8(2)9-3-5-10(6-4-9)11(15)7-13-14-12/h3-6,8H,7H2,1-2H3. The highest BCUT2D eigenvalue weighted by Crippen LogP contribution is 2.14. The van der Waals surface area contributed by atoms with Crippen molar-refractivity contribution in [2.24, 2.45) is 5.11 Å². The van der Waals surface area contributed by atoms with Gasteiger partial charge < -0.3 is 0 Å². The van der Waals surface area contributed by atoms with Crippen LogP contribution < -0.4 is 0 Å². The highest BCUT2D eigenvalue weighted by Gasteiger charge is 2.05. The maximum Gasteiger partial charge on any atom is 0.168 e. The normalized spacial score (nSPS) is 9.80.